The number of benzene rings is 1. The molecule has 0 bridgehead atoms. The highest BCUT2D eigenvalue weighted by molar-refractivity contribution is 7.09. The number of methoxy groups -OCH3 is 2. The molecule has 0 aliphatic carbocycles. The molecule has 2 fully saturated rings. The summed E-state index contributed by atoms with van der Waals surface area (Å²) in [4.78, 5) is 63.3. The average Bonchev–Trinajstić information content (AvgIpc) is 3.97. The quantitative estimate of drug-likeness (QED) is 0.192. The number of aromatic nitrogens is 1. The lowest BCUT2D eigenvalue weighted by atomic mass is 9.89. The van der Waals surface area contributed by atoms with Gasteiger partial charge in [0.25, 0.3) is 0 Å². The number of carbonyl (C=O) groups is 4. The van der Waals surface area contributed by atoms with Crippen LogP contribution in [0.1, 0.15) is 89.8 Å². The smallest absolute Gasteiger partial charge is 0.245 e. The number of nitrogens with zero attached hydrogens (tertiary/aromatic N) is 3. The fraction of sp³-hybridized carbons (Fsp3) is 0.675. The molecule has 0 radical (unpaired) electrons. The number of thiazole rings is 1. The molecule has 12 nitrogen and oxygen atoms in total. The summed E-state index contributed by atoms with van der Waals surface area (Å²) in [5, 5.41) is 12.2. The molecule has 0 unspecified atom stereocenters. The number of amides is 4. The molecule has 294 valence electrons. The van der Waals surface area contributed by atoms with Crippen LogP contribution in [0.2, 0.25) is 0 Å². The first-order chi connectivity index (χ1) is 25.4. The van der Waals surface area contributed by atoms with E-state index in [4.69, 9.17) is 9.47 Å². The van der Waals surface area contributed by atoms with Crippen molar-refractivity contribution >= 4 is 35.0 Å². The van der Waals surface area contributed by atoms with Crippen molar-refractivity contribution in [2.75, 3.05) is 34.4 Å². The second-order valence-corrected chi connectivity index (χ2v) is 16.0. The van der Waals surface area contributed by atoms with Crippen LogP contribution in [0.3, 0.4) is 0 Å². The van der Waals surface area contributed by atoms with Gasteiger partial charge in [-0.05, 0) is 56.0 Å². The van der Waals surface area contributed by atoms with Crippen molar-refractivity contribution in [3.05, 3.63) is 52.5 Å². The summed E-state index contributed by atoms with van der Waals surface area (Å²) in [5.74, 6) is -1.30. The van der Waals surface area contributed by atoms with Crippen molar-refractivity contribution in [3.63, 3.8) is 0 Å². The fourth-order valence-electron chi connectivity index (χ4n) is 7.96. The molecule has 2 saturated heterocycles. The van der Waals surface area contributed by atoms with E-state index in [1.807, 2.05) is 61.4 Å². The summed E-state index contributed by atoms with van der Waals surface area (Å²) in [6, 6.07) is 8.00. The molecule has 0 spiro atoms. The van der Waals surface area contributed by atoms with Crippen LogP contribution in [0.5, 0.6) is 0 Å². The van der Waals surface area contributed by atoms with Crippen LogP contribution in [-0.4, -0.2) is 109 Å². The number of likely N-dealkylation sites (tertiary alicyclic amines) is 1. The van der Waals surface area contributed by atoms with E-state index in [0.29, 0.717) is 19.4 Å². The summed E-state index contributed by atoms with van der Waals surface area (Å²) in [6.07, 6.45) is 5.22. The molecule has 9 atom stereocenters. The van der Waals surface area contributed by atoms with E-state index in [2.05, 4.69) is 34.8 Å². The number of rotatable bonds is 19. The van der Waals surface area contributed by atoms with Gasteiger partial charge in [-0.15, -0.1) is 11.3 Å². The van der Waals surface area contributed by atoms with Gasteiger partial charge >= 0.3 is 0 Å². The normalized spacial score (nSPS) is 21.3. The van der Waals surface area contributed by atoms with Crippen molar-refractivity contribution in [2.45, 2.75) is 122 Å². The molecular formula is C40H62N6O6S. The lowest BCUT2D eigenvalue weighted by Gasteiger charge is -2.41. The fourth-order valence-corrected chi connectivity index (χ4v) is 8.65. The second kappa shape index (κ2) is 20.3. The third kappa shape index (κ3) is 10.9. The highest BCUT2D eigenvalue weighted by Crippen LogP contribution is 2.30. The molecular weight excluding hydrogens is 693 g/mol. The van der Waals surface area contributed by atoms with Crippen LogP contribution in [0.15, 0.2) is 41.9 Å². The van der Waals surface area contributed by atoms with Gasteiger partial charge in [-0.25, -0.2) is 4.98 Å². The molecule has 4 rings (SSSR count). The second-order valence-electron chi connectivity index (χ2n) is 15.1. The Morgan fingerprint density at radius 3 is 2.36 bits per heavy atom. The third-order valence-corrected chi connectivity index (χ3v) is 12.1. The Balaban J connectivity index is 1.47. The third-order valence-electron chi connectivity index (χ3n) is 11.2. The molecule has 4 amide bonds. The minimum atomic E-state index is -0.712. The van der Waals surface area contributed by atoms with Crippen molar-refractivity contribution in [2.24, 2.45) is 17.8 Å². The Hall–Kier alpha value is -3.39. The molecule has 2 aliphatic rings. The van der Waals surface area contributed by atoms with Gasteiger partial charge in [-0.1, -0.05) is 71.4 Å². The molecule has 2 aromatic rings. The van der Waals surface area contributed by atoms with E-state index >= 15 is 0 Å². The van der Waals surface area contributed by atoms with E-state index in [0.717, 1.165) is 42.8 Å². The molecule has 3 N–H and O–H groups in total. The van der Waals surface area contributed by atoms with E-state index in [1.165, 1.54) is 11.3 Å². The molecule has 53 heavy (non-hydrogen) atoms. The van der Waals surface area contributed by atoms with Gasteiger partial charge in [0, 0.05) is 39.4 Å². The topological polar surface area (TPSA) is 142 Å². The SMILES string of the molecule is CC[C@H](C)[C@@H]([C@@H](CC(=O)N1CCC[C@H]1[C@H](OC)[C@@H](C)C(=O)N[C@@H](Cc1ccccc1)c1nccs1)OC)N(C)C(=O)[C@@H](NC(=O)[C@@H]1CCCN1)C(C)C. The minimum Gasteiger partial charge on any atom is -0.379 e. The number of carbonyl (C=O) groups excluding carboxylic acids is 4. The van der Waals surface area contributed by atoms with Crippen LogP contribution < -0.4 is 16.0 Å². The highest BCUT2D eigenvalue weighted by Gasteiger charge is 2.43. The first kappa shape index (κ1) is 42.4. The van der Waals surface area contributed by atoms with Crippen LogP contribution in [0, 0.1) is 17.8 Å². The number of hydrogen-bond donors (Lipinski definition) is 3. The standard InChI is InChI=1S/C40H62N6O6S/c1-9-26(4)35(45(6)40(50)34(25(2)3)44-38(49)29-17-13-19-41-29)32(51-7)24-33(47)46-21-14-18-31(46)36(52-8)27(5)37(48)43-30(39-42-20-22-53-39)23-28-15-11-10-12-16-28/h10-12,15-16,20,22,25-27,29-32,34-36,41H,9,13-14,17-19,21,23-24H2,1-8H3,(H,43,48)(H,44,49)/t26-,27+,29-,30-,31-,32+,34-,35-,36+/m0/s1. The molecule has 1 aromatic carbocycles. The summed E-state index contributed by atoms with van der Waals surface area (Å²) < 4.78 is 12.1. The van der Waals surface area contributed by atoms with Crippen LogP contribution in [0.25, 0.3) is 0 Å². The van der Waals surface area contributed by atoms with Gasteiger partial charge in [-0.2, -0.15) is 0 Å². The van der Waals surface area contributed by atoms with E-state index in [1.54, 1.807) is 32.4 Å². The number of nitrogens with one attached hydrogen (secondary N) is 3. The number of hydrogen-bond acceptors (Lipinski definition) is 9. The number of likely N-dealkylation sites (N-methyl/N-ethyl adjacent to an activating group) is 1. The first-order valence-electron chi connectivity index (χ1n) is 19.3. The van der Waals surface area contributed by atoms with E-state index in [-0.39, 0.29) is 60.0 Å². The lowest BCUT2D eigenvalue weighted by molar-refractivity contribution is -0.147. The van der Waals surface area contributed by atoms with Crippen molar-refractivity contribution in [1.82, 2.24) is 30.7 Å². The van der Waals surface area contributed by atoms with Gasteiger partial charge in [0.05, 0.1) is 48.7 Å². The van der Waals surface area contributed by atoms with Gasteiger partial charge in [-0.3, -0.25) is 19.2 Å². The van der Waals surface area contributed by atoms with Gasteiger partial charge < -0.3 is 35.2 Å². The maximum atomic E-state index is 14.2. The summed E-state index contributed by atoms with van der Waals surface area (Å²) in [5.41, 5.74) is 1.10. The molecule has 13 heteroatoms. The Kier molecular flexibility index (Phi) is 16.3. The van der Waals surface area contributed by atoms with E-state index in [9.17, 15) is 19.2 Å². The Bertz CT molecular complexity index is 1450. The highest BCUT2D eigenvalue weighted by atomic mass is 32.1. The zero-order valence-corrected chi connectivity index (χ0v) is 33.7. The lowest BCUT2D eigenvalue weighted by Crippen LogP contribution is -2.59. The maximum absolute atomic E-state index is 14.2. The van der Waals surface area contributed by atoms with Crippen LogP contribution in [-0.2, 0) is 35.1 Å². The Morgan fingerprint density at radius 2 is 1.77 bits per heavy atom. The van der Waals surface area contributed by atoms with Crippen molar-refractivity contribution in [1.29, 1.82) is 0 Å². The van der Waals surface area contributed by atoms with Gasteiger partial charge in [0.1, 0.15) is 11.0 Å². The van der Waals surface area contributed by atoms with E-state index < -0.39 is 30.2 Å². The summed E-state index contributed by atoms with van der Waals surface area (Å²) in [6.45, 7) is 11.2. The largest absolute Gasteiger partial charge is 0.379 e. The van der Waals surface area contributed by atoms with Crippen LogP contribution >= 0.6 is 11.3 Å². The van der Waals surface area contributed by atoms with Crippen LogP contribution in [0.4, 0.5) is 0 Å². The average molecular weight is 755 g/mol. The Morgan fingerprint density at radius 1 is 1.04 bits per heavy atom. The zero-order valence-electron chi connectivity index (χ0n) is 32.9. The monoisotopic (exact) mass is 754 g/mol. The first-order valence-corrected chi connectivity index (χ1v) is 20.2. The number of ether oxygens (including phenoxy) is 2. The molecule has 0 saturated carbocycles. The molecule has 3 heterocycles. The van der Waals surface area contributed by atoms with Gasteiger partial charge in [0.15, 0.2) is 0 Å². The van der Waals surface area contributed by atoms with Gasteiger partial charge in [0.2, 0.25) is 23.6 Å². The maximum Gasteiger partial charge on any atom is 0.245 e. The minimum absolute atomic E-state index is 0.00759. The Labute approximate surface area is 320 Å². The summed E-state index contributed by atoms with van der Waals surface area (Å²) >= 11 is 1.51. The summed E-state index contributed by atoms with van der Waals surface area (Å²) in [7, 11) is 4.93. The molecule has 2 aliphatic heterocycles. The predicted octanol–water partition coefficient (Wildman–Crippen LogP) is 4.36. The predicted molar refractivity (Wildman–Crippen MR) is 207 cm³/mol. The molecule has 1 aromatic heterocycles. The van der Waals surface area contributed by atoms with Crippen molar-refractivity contribution in [3.8, 4) is 0 Å². The zero-order chi connectivity index (χ0) is 38.7. The van der Waals surface area contributed by atoms with Crippen molar-refractivity contribution < 1.29 is 28.7 Å².